The van der Waals surface area contributed by atoms with E-state index in [1.807, 2.05) is 0 Å². The summed E-state index contributed by atoms with van der Waals surface area (Å²) in [6.07, 6.45) is 0.156. The van der Waals surface area contributed by atoms with Crippen molar-refractivity contribution < 1.29 is 19.2 Å². The average Bonchev–Trinajstić information content (AvgIpc) is 2.29. The SMILES string of the molecule is CCC(=O)Oc1ccc(OC)cc1[N+](=O)[O-]. The van der Waals surface area contributed by atoms with Crippen molar-refractivity contribution in [2.24, 2.45) is 0 Å². The summed E-state index contributed by atoms with van der Waals surface area (Å²) in [6.45, 7) is 1.61. The molecular weight excluding hydrogens is 214 g/mol. The largest absolute Gasteiger partial charge is 0.496 e. The third-order valence-corrected chi connectivity index (χ3v) is 1.88. The first-order chi connectivity index (χ1) is 7.58. The maximum absolute atomic E-state index is 11.0. The summed E-state index contributed by atoms with van der Waals surface area (Å²) in [5.41, 5.74) is -0.291. The second-order valence-electron chi connectivity index (χ2n) is 2.92. The number of nitro benzene ring substituents is 1. The van der Waals surface area contributed by atoms with Gasteiger partial charge in [0.2, 0.25) is 5.75 Å². The van der Waals surface area contributed by atoms with Gasteiger partial charge < -0.3 is 9.47 Å². The molecule has 0 amide bonds. The number of methoxy groups -OCH3 is 1. The lowest BCUT2D eigenvalue weighted by atomic mass is 10.3. The highest BCUT2D eigenvalue weighted by molar-refractivity contribution is 5.73. The lowest BCUT2D eigenvalue weighted by molar-refractivity contribution is -0.385. The minimum Gasteiger partial charge on any atom is -0.496 e. The van der Waals surface area contributed by atoms with Crippen LogP contribution in [-0.2, 0) is 4.79 Å². The Morgan fingerprint density at radius 1 is 1.50 bits per heavy atom. The molecule has 6 heteroatoms. The first kappa shape index (κ1) is 12.0. The van der Waals surface area contributed by atoms with E-state index < -0.39 is 10.9 Å². The van der Waals surface area contributed by atoms with Crippen molar-refractivity contribution in [2.45, 2.75) is 13.3 Å². The van der Waals surface area contributed by atoms with Crippen LogP contribution < -0.4 is 9.47 Å². The van der Waals surface area contributed by atoms with Crippen LogP contribution in [0.3, 0.4) is 0 Å². The van der Waals surface area contributed by atoms with Gasteiger partial charge in [-0.05, 0) is 12.1 Å². The molecule has 0 fully saturated rings. The summed E-state index contributed by atoms with van der Waals surface area (Å²) >= 11 is 0. The molecule has 0 heterocycles. The van der Waals surface area contributed by atoms with Crippen LogP contribution in [0.4, 0.5) is 5.69 Å². The van der Waals surface area contributed by atoms with Crippen LogP contribution in [-0.4, -0.2) is 18.0 Å². The van der Waals surface area contributed by atoms with Gasteiger partial charge in [0.05, 0.1) is 18.1 Å². The predicted octanol–water partition coefficient (Wildman–Crippen LogP) is 1.92. The van der Waals surface area contributed by atoms with E-state index >= 15 is 0 Å². The van der Waals surface area contributed by atoms with E-state index in [2.05, 4.69) is 0 Å². The molecule has 0 unspecified atom stereocenters. The van der Waals surface area contributed by atoms with Gasteiger partial charge in [-0.2, -0.15) is 0 Å². The van der Waals surface area contributed by atoms with Gasteiger partial charge in [-0.3, -0.25) is 14.9 Å². The smallest absolute Gasteiger partial charge is 0.315 e. The van der Waals surface area contributed by atoms with Crippen LogP contribution in [0.15, 0.2) is 18.2 Å². The molecular formula is C10H11NO5. The van der Waals surface area contributed by atoms with E-state index in [-0.39, 0.29) is 17.9 Å². The van der Waals surface area contributed by atoms with Gasteiger partial charge in [0.25, 0.3) is 0 Å². The van der Waals surface area contributed by atoms with Crippen molar-refractivity contribution in [1.29, 1.82) is 0 Å². The first-order valence-corrected chi connectivity index (χ1v) is 4.61. The summed E-state index contributed by atoms with van der Waals surface area (Å²) in [4.78, 5) is 21.1. The molecule has 16 heavy (non-hydrogen) atoms. The van der Waals surface area contributed by atoms with Gasteiger partial charge in [0, 0.05) is 6.42 Å². The third kappa shape index (κ3) is 2.69. The summed E-state index contributed by atoms with van der Waals surface area (Å²) in [5.74, 6) is -0.256. The summed E-state index contributed by atoms with van der Waals surface area (Å²) in [7, 11) is 1.40. The molecule has 0 atom stereocenters. The zero-order valence-electron chi connectivity index (χ0n) is 8.93. The van der Waals surface area contributed by atoms with E-state index in [0.29, 0.717) is 5.75 Å². The Balaban J connectivity index is 3.08. The fraction of sp³-hybridized carbons (Fsp3) is 0.300. The Labute approximate surface area is 91.9 Å². The highest BCUT2D eigenvalue weighted by Gasteiger charge is 2.18. The van der Waals surface area contributed by atoms with Gasteiger partial charge in [0.15, 0.2) is 0 Å². The van der Waals surface area contributed by atoms with Crippen LogP contribution in [0, 0.1) is 10.1 Å². The second-order valence-corrected chi connectivity index (χ2v) is 2.92. The second kappa shape index (κ2) is 5.11. The number of esters is 1. The van der Waals surface area contributed by atoms with Crippen LogP contribution in [0.25, 0.3) is 0 Å². The Kier molecular flexibility index (Phi) is 3.82. The molecule has 0 saturated carbocycles. The Bertz CT molecular complexity index is 416. The van der Waals surface area contributed by atoms with Crippen LogP contribution in [0.1, 0.15) is 13.3 Å². The van der Waals surface area contributed by atoms with Gasteiger partial charge in [0.1, 0.15) is 5.75 Å². The molecule has 0 aliphatic rings. The van der Waals surface area contributed by atoms with Crippen molar-refractivity contribution in [1.82, 2.24) is 0 Å². The number of hydrogen-bond donors (Lipinski definition) is 0. The molecule has 0 N–H and O–H groups in total. The maximum atomic E-state index is 11.0. The van der Waals surface area contributed by atoms with Crippen LogP contribution in [0.5, 0.6) is 11.5 Å². The van der Waals surface area contributed by atoms with Gasteiger partial charge in [-0.1, -0.05) is 6.92 Å². The Morgan fingerprint density at radius 3 is 2.69 bits per heavy atom. The average molecular weight is 225 g/mol. The van der Waals surface area contributed by atoms with Gasteiger partial charge >= 0.3 is 11.7 Å². The van der Waals surface area contributed by atoms with Crippen molar-refractivity contribution >= 4 is 11.7 Å². The highest BCUT2D eigenvalue weighted by atomic mass is 16.6. The zero-order chi connectivity index (χ0) is 12.1. The topological polar surface area (TPSA) is 78.7 Å². The fourth-order valence-electron chi connectivity index (χ4n) is 1.05. The molecule has 1 rings (SSSR count). The van der Waals surface area contributed by atoms with E-state index in [1.54, 1.807) is 6.92 Å². The van der Waals surface area contributed by atoms with Crippen molar-refractivity contribution in [3.63, 3.8) is 0 Å². The molecule has 0 bridgehead atoms. The highest BCUT2D eigenvalue weighted by Crippen LogP contribution is 2.31. The standard InChI is InChI=1S/C10H11NO5/c1-3-10(12)16-9-5-4-7(15-2)6-8(9)11(13)14/h4-6H,3H2,1-2H3. The quantitative estimate of drug-likeness (QED) is 0.338. The number of rotatable bonds is 4. The van der Waals surface area contributed by atoms with E-state index in [9.17, 15) is 14.9 Å². The maximum Gasteiger partial charge on any atom is 0.315 e. The number of carbonyl (C=O) groups is 1. The minimum absolute atomic E-state index is 0.0716. The number of nitrogens with zero attached hydrogens (tertiary/aromatic N) is 1. The third-order valence-electron chi connectivity index (χ3n) is 1.88. The lowest BCUT2D eigenvalue weighted by Crippen LogP contribution is -2.07. The van der Waals surface area contributed by atoms with E-state index in [1.165, 1.54) is 25.3 Å². The Hall–Kier alpha value is -2.11. The van der Waals surface area contributed by atoms with Gasteiger partial charge in [-0.15, -0.1) is 0 Å². The molecule has 1 aromatic carbocycles. The van der Waals surface area contributed by atoms with E-state index in [0.717, 1.165) is 0 Å². The number of benzene rings is 1. The molecule has 86 valence electrons. The van der Waals surface area contributed by atoms with Crippen molar-refractivity contribution in [3.05, 3.63) is 28.3 Å². The molecule has 0 radical (unpaired) electrons. The van der Waals surface area contributed by atoms with Gasteiger partial charge in [-0.25, -0.2) is 0 Å². The minimum atomic E-state index is -0.624. The normalized spacial score (nSPS) is 9.62. The van der Waals surface area contributed by atoms with Crippen molar-refractivity contribution in [2.75, 3.05) is 7.11 Å². The summed E-state index contributed by atoms with van der Waals surface area (Å²) in [5, 5.41) is 10.7. The van der Waals surface area contributed by atoms with Crippen LogP contribution >= 0.6 is 0 Å². The number of ether oxygens (including phenoxy) is 2. The summed E-state index contributed by atoms with van der Waals surface area (Å²) < 4.78 is 9.67. The van der Waals surface area contributed by atoms with Crippen molar-refractivity contribution in [3.8, 4) is 11.5 Å². The fourth-order valence-corrected chi connectivity index (χ4v) is 1.05. The molecule has 0 spiro atoms. The molecule has 0 saturated heterocycles. The first-order valence-electron chi connectivity index (χ1n) is 4.61. The predicted molar refractivity (Wildman–Crippen MR) is 55.6 cm³/mol. The monoisotopic (exact) mass is 225 g/mol. The molecule has 0 aromatic heterocycles. The number of hydrogen-bond acceptors (Lipinski definition) is 5. The number of carbonyl (C=O) groups excluding carboxylic acids is 1. The Morgan fingerprint density at radius 2 is 2.19 bits per heavy atom. The molecule has 6 nitrogen and oxygen atoms in total. The lowest BCUT2D eigenvalue weighted by Gasteiger charge is -2.05. The van der Waals surface area contributed by atoms with Crippen LogP contribution in [0.2, 0.25) is 0 Å². The molecule has 1 aromatic rings. The van der Waals surface area contributed by atoms with E-state index in [4.69, 9.17) is 9.47 Å². The molecule has 0 aliphatic heterocycles. The molecule has 0 aliphatic carbocycles. The zero-order valence-corrected chi connectivity index (χ0v) is 8.93. The summed E-state index contributed by atoms with van der Waals surface area (Å²) in [6, 6.07) is 4.04. The number of nitro groups is 1.